The van der Waals surface area contributed by atoms with Crippen LogP contribution in [-0.4, -0.2) is 13.7 Å². The highest BCUT2D eigenvalue weighted by Gasteiger charge is 2.30. The maximum absolute atomic E-state index is 2.43. The summed E-state index contributed by atoms with van der Waals surface area (Å²) in [5.74, 6) is 0.109. The lowest BCUT2D eigenvalue weighted by atomic mass is 9.89. The van der Waals surface area contributed by atoms with Gasteiger partial charge in [-0.3, -0.25) is 0 Å². The Hall–Kier alpha value is -11.9. The van der Waals surface area contributed by atoms with Crippen LogP contribution < -0.4 is 9.80 Å². The van der Waals surface area contributed by atoms with Crippen LogP contribution in [0.5, 0.6) is 0 Å². The van der Waals surface area contributed by atoms with Crippen LogP contribution in [0.1, 0.15) is 22.6 Å². The molecule has 0 atom stereocenters. The van der Waals surface area contributed by atoms with Gasteiger partial charge in [-0.2, -0.15) is 0 Å². The molecular weight excluding hydrogens is 1090 g/mol. The molecule has 422 valence electrons. The van der Waals surface area contributed by atoms with Gasteiger partial charge in [0.15, 0.2) is 0 Å². The largest absolute Gasteiger partial charge is 0.310 e. The Morgan fingerprint density at radius 1 is 0.211 bits per heavy atom. The van der Waals surface area contributed by atoms with Crippen LogP contribution in [0.3, 0.4) is 0 Å². The number of nitrogens with zero attached hydrogens (tertiary/aromatic N) is 5. The standard InChI is InChI=1S/C85H57N5/c1-3-37-77-69(29-1)70-30-2-4-38-78(70)85(77)59-21-17-22-62(53-59)86(63-23-18-26-66(54-63)88-79-39-11-5-31-71(79)72-32-6-12-40-80(72)88)60-49-45-57(46-50-60)58-47-51-61(52-48-58)87(64-24-19-27-67(55-64)89-81-41-13-7-33-73(81)74-34-8-14-42-82(74)89)65-25-20-28-68(56-65)90-83-43-15-9-35-75(83)76-36-10-16-44-84(76)90/h1-56,85H. The first-order chi connectivity index (χ1) is 44.7. The molecule has 17 aromatic rings. The van der Waals surface area contributed by atoms with E-state index < -0.39 is 0 Å². The van der Waals surface area contributed by atoms with Crippen molar-refractivity contribution in [3.8, 4) is 39.3 Å². The molecular formula is C85H57N5. The molecule has 3 heterocycles. The van der Waals surface area contributed by atoms with Gasteiger partial charge in [-0.05, 0) is 166 Å². The molecule has 1 aliphatic rings. The number of hydrogen-bond acceptors (Lipinski definition) is 2. The molecule has 3 aromatic heterocycles. The van der Waals surface area contributed by atoms with Crippen LogP contribution in [0.4, 0.5) is 34.1 Å². The van der Waals surface area contributed by atoms with Gasteiger partial charge in [0, 0.05) is 89.4 Å². The van der Waals surface area contributed by atoms with E-state index >= 15 is 0 Å². The summed E-state index contributed by atoms with van der Waals surface area (Å²) in [5, 5.41) is 7.43. The topological polar surface area (TPSA) is 21.3 Å². The third-order valence-corrected chi connectivity index (χ3v) is 18.7. The fraction of sp³-hybridized carbons (Fsp3) is 0.0118. The first-order valence-corrected chi connectivity index (χ1v) is 31.0. The number of rotatable bonds is 11. The number of benzene rings is 14. The fourth-order valence-corrected chi connectivity index (χ4v) is 14.8. The Kier molecular flexibility index (Phi) is 11.9. The molecule has 0 saturated carbocycles. The first kappa shape index (κ1) is 51.3. The van der Waals surface area contributed by atoms with Crippen LogP contribution in [0.25, 0.3) is 105 Å². The van der Waals surface area contributed by atoms with E-state index in [4.69, 9.17) is 0 Å². The quantitative estimate of drug-likeness (QED) is 0.129. The zero-order valence-corrected chi connectivity index (χ0v) is 49.1. The highest BCUT2D eigenvalue weighted by Crippen LogP contribution is 2.50. The van der Waals surface area contributed by atoms with E-state index in [0.29, 0.717) is 0 Å². The summed E-state index contributed by atoms with van der Waals surface area (Å²) in [6.45, 7) is 0. The molecule has 0 radical (unpaired) electrons. The van der Waals surface area contributed by atoms with E-state index in [-0.39, 0.29) is 5.92 Å². The molecule has 0 bridgehead atoms. The molecule has 0 N–H and O–H groups in total. The molecule has 5 nitrogen and oxygen atoms in total. The van der Waals surface area contributed by atoms with Gasteiger partial charge in [-0.15, -0.1) is 0 Å². The second-order valence-corrected chi connectivity index (χ2v) is 23.6. The molecule has 0 unspecified atom stereocenters. The van der Waals surface area contributed by atoms with E-state index in [0.717, 1.165) is 62.3 Å². The second-order valence-electron chi connectivity index (χ2n) is 23.6. The molecule has 1 aliphatic carbocycles. The second kappa shape index (κ2) is 20.9. The summed E-state index contributed by atoms with van der Waals surface area (Å²) in [5.41, 5.74) is 25.6. The van der Waals surface area contributed by atoms with Crippen molar-refractivity contribution in [2.24, 2.45) is 0 Å². The first-order valence-electron chi connectivity index (χ1n) is 31.0. The summed E-state index contributed by atoms with van der Waals surface area (Å²) in [4.78, 5) is 4.84. The molecule has 0 fully saturated rings. The van der Waals surface area contributed by atoms with Gasteiger partial charge in [0.05, 0.1) is 33.1 Å². The van der Waals surface area contributed by atoms with Crippen molar-refractivity contribution >= 4 is 99.5 Å². The molecule has 18 rings (SSSR count). The van der Waals surface area contributed by atoms with E-state index in [1.54, 1.807) is 0 Å². The van der Waals surface area contributed by atoms with Gasteiger partial charge >= 0.3 is 0 Å². The highest BCUT2D eigenvalue weighted by molar-refractivity contribution is 6.11. The maximum Gasteiger partial charge on any atom is 0.0541 e. The lowest BCUT2D eigenvalue weighted by Crippen LogP contribution is -2.11. The highest BCUT2D eigenvalue weighted by atomic mass is 15.2. The summed E-state index contributed by atoms with van der Waals surface area (Å²) in [6.07, 6.45) is 0. The lowest BCUT2D eigenvalue weighted by molar-refractivity contribution is 1.01. The number of para-hydroxylation sites is 6. The monoisotopic (exact) mass is 1150 g/mol. The molecule has 0 amide bonds. The number of aromatic nitrogens is 3. The minimum atomic E-state index is 0.109. The summed E-state index contributed by atoms with van der Waals surface area (Å²) >= 11 is 0. The molecule has 0 spiro atoms. The third-order valence-electron chi connectivity index (χ3n) is 18.7. The zero-order valence-electron chi connectivity index (χ0n) is 49.1. The maximum atomic E-state index is 2.43. The summed E-state index contributed by atoms with van der Waals surface area (Å²) < 4.78 is 7.22. The minimum absolute atomic E-state index is 0.109. The minimum Gasteiger partial charge on any atom is -0.310 e. The van der Waals surface area contributed by atoms with Crippen molar-refractivity contribution in [1.82, 2.24) is 13.7 Å². The average molecular weight is 1150 g/mol. The number of fused-ring (bicyclic) bond motifs is 12. The molecule has 14 aromatic carbocycles. The fourth-order valence-electron chi connectivity index (χ4n) is 14.8. The smallest absolute Gasteiger partial charge is 0.0541 e. The van der Waals surface area contributed by atoms with Crippen molar-refractivity contribution < 1.29 is 0 Å². The number of anilines is 6. The molecule has 0 saturated heterocycles. The van der Waals surface area contributed by atoms with Gasteiger partial charge in [0.1, 0.15) is 0 Å². The van der Waals surface area contributed by atoms with E-state index in [1.165, 1.54) is 93.2 Å². The van der Waals surface area contributed by atoms with E-state index in [2.05, 4.69) is 363 Å². The molecule has 90 heavy (non-hydrogen) atoms. The Balaban J connectivity index is 0.750. The predicted octanol–water partition coefficient (Wildman–Crippen LogP) is 22.7. The Bertz CT molecular complexity index is 5280. The Morgan fingerprint density at radius 3 is 0.822 bits per heavy atom. The Morgan fingerprint density at radius 2 is 0.489 bits per heavy atom. The van der Waals surface area contributed by atoms with Gasteiger partial charge in [0.25, 0.3) is 0 Å². The molecule has 5 heteroatoms. The van der Waals surface area contributed by atoms with E-state index in [9.17, 15) is 0 Å². The zero-order chi connectivity index (χ0) is 59.2. The van der Waals surface area contributed by atoms with Crippen molar-refractivity contribution in [1.29, 1.82) is 0 Å². The Labute approximate surface area is 521 Å². The van der Waals surface area contributed by atoms with Crippen LogP contribution in [0.15, 0.2) is 340 Å². The van der Waals surface area contributed by atoms with Gasteiger partial charge in [-0.25, -0.2) is 0 Å². The summed E-state index contributed by atoms with van der Waals surface area (Å²) in [6, 6.07) is 125. The van der Waals surface area contributed by atoms with Crippen LogP contribution in [0, 0.1) is 0 Å². The van der Waals surface area contributed by atoms with Gasteiger partial charge in [-0.1, -0.05) is 212 Å². The van der Waals surface area contributed by atoms with Crippen molar-refractivity contribution in [2.75, 3.05) is 9.80 Å². The van der Waals surface area contributed by atoms with E-state index in [1.807, 2.05) is 0 Å². The SMILES string of the molecule is c1cc(C2c3ccccc3-c3ccccc32)cc(N(c2ccc(-c3ccc(N(c4cccc(-n5c6ccccc6c6ccccc65)c4)c4cccc(-n5c6ccccc6c6ccccc65)c4)cc3)cc2)c2cccc(-n3c4ccccc4c4ccccc43)c2)c1. The predicted molar refractivity (Wildman–Crippen MR) is 377 cm³/mol. The molecule has 0 aliphatic heterocycles. The average Bonchev–Trinajstić information content (AvgIpc) is 1.71. The van der Waals surface area contributed by atoms with Crippen LogP contribution >= 0.6 is 0 Å². The van der Waals surface area contributed by atoms with Crippen molar-refractivity contribution in [3.05, 3.63) is 356 Å². The number of hydrogen-bond donors (Lipinski definition) is 0. The van der Waals surface area contributed by atoms with Gasteiger partial charge < -0.3 is 23.5 Å². The lowest BCUT2D eigenvalue weighted by Gasteiger charge is -2.28. The normalized spacial score (nSPS) is 12.2. The summed E-state index contributed by atoms with van der Waals surface area (Å²) in [7, 11) is 0. The third kappa shape index (κ3) is 8.24. The van der Waals surface area contributed by atoms with Crippen LogP contribution in [-0.2, 0) is 0 Å². The van der Waals surface area contributed by atoms with Crippen LogP contribution in [0.2, 0.25) is 0 Å². The van der Waals surface area contributed by atoms with Crippen molar-refractivity contribution in [2.45, 2.75) is 5.92 Å². The van der Waals surface area contributed by atoms with Crippen molar-refractivity contribution in [3.63, 3.8) is 0 Å². The van der Waals surface area contributed by atoms with Gasteiger partial charge in [0.2, 0.25) is 0 Å².